The van der Waals surface area contributed by atoms with Crippen molar-refractivity contribution in [3.63, 3.8) is 0 Å². The molecule has 2 aromatic carbocycles. The summed E-state index contributed by atoms with van der Waals surface area (Å²) in [5, 5.41) is 2.38. The van der Waals surface area contributed by atoms with E-state index in [1.165, 1.54) is 18.2 Å². The molecule has 0 radical (unpaired) electrons. The Bertz CT molecular complexity index is 1090. The number of hydrogen-bond acceptors (Lipinski definition) is 4. The van der Waals surface area contributed by atoms with Gasteiger partial charge in [-0.05, 0) is 59.0 Å². The van der Waals surface area contributed by atoms with Crippen LogP contribution in [0.1, 0.15) is 23.0 Å². The summed E-state index contributed by atoms with van der Waals surface area (Å²) in [6.07, 6.45) is -3.44. The van der Waals surface area contributed by atoms with Crippen LogP contribution < -0.4 is 5.32 Å². The molecular weight excluding hydrogens is 526 g/mol. The van der Waals surface area contributed by atoms with Gasteiger partial charge < -0.3 is 14.5 Å². The summed E-state index contributed by atoms with van der Waals surface area (Å²) >= 11 is 1.97. The van der Waals surface area contributed by atoms with Crippen LogP contribution in [0.4, 0.5) is 18.9 Å². The van der Waals surface area contributed by atoms with Crippen molar-refractivity contribution in [1.82, 2.24) is 0 Å². The van der Waals surface area contributed by atoms with Crippen LogP contribution in [0.2, 0.25) is 0 Å². The van der Waals surface area contributed by atoms with Crippen LogP contribution >= 0.6 is 22.6 Å². The van der Waals surface area contributed by atoms with Gasteiger partial charge in [0.15, 0.2) is 3.77 Å². The van der Waals surface area contributed by atoms with Crippen molar-refractivity contribution in [2.45, 2.75) is 12.3 Å². The topological polar surface area (TPSA) is 68.5 Å². The highest BCUT2D eigenvalue weighted by Gasteiger charge is 2.31. The van der Waals surface area contributed by atoms with E-state index in [0.717, 1.165) is 18.2 Å². The maximum Gasteiger partial charge on any atom is 0.416 e. The predicted octanol–water partition coefficient (Wildman–Crippen LogP) is 5.84. The normalized spacial score (nSPS) is 12.5. The van der Waals surface area contributed by atoms with Crippen LogP contribution in [0.5, 0.6) is 0 Å². The van der Waals surface area contributed by atoms with Crippen molar-refractivity contribution >= 4 is 46.2 Å². The maximum atomic E-state index is 12.9. The molecule has 3 aromatic rings. The number of hydrogen-bond donors (Lipinski definition) is 1. The van der Waals surface area contributed by atoms with E-state index in [0.29, 0.717) is 15.1 Å². The van der Waals surface area contributed by atoms with E-state index in [9.17, 15) is 22.8 Å². The van der Waals surface area contributed by atoms with Crippen molar-refractivity contribution < 1.29 is 31.9 Å². The molecule has 1 N–H and O–H groups in total. The quantitative estimate of drug-likeness (QED) is 0.242. The molecule has 3 rings (SSSR count). The van der Waals surface area contributed by atoms with Gasteiger partial charge >= 0.3 is 12.1 Å². The second-order valence-corrected chi connectivity index (χ2v) is 7.33. The number of nitrogens with one attached hydrogen (secondary N) is 1. The number of amides is 1. The number of alkyl halides is 3. The summed E-state index contributed by atoms with van der Waals surface area (Å²) in [5.41, 5.74) is -0.617. The number of rotatable bonds is 6. The van der Waals surface area contributed by atoms with Crippen molar-refractivity contribution in [1.29, 1.82) is 0 Å². The SMILES string of the molecule is O=C(C=Cc1ccc(I)o1)OC(C(=O)Nc1cccc(C(F)(F)F)c1)c1ccccc1. The molecule has 0 saturated carbocycles. The molecule has 31 heavy (non-hydrogen) atoms. The molecule has 1 atom stereocenters. The first kappa shape index (κ1) is 22.6. The molecule has 1 amide bonds. The Kier molecular flexibility index (Phi) is 7.16. The van der Waals surface area contributed by atoms with Gasteiger partial charge in [-0.15, -0.1) is 0 Å². The Labute approximate surface area is 189 Å². The van der Waals surface area contributed by atoms with Crippen molar-refractivity contribution in [2.75, 3.05) is 5.32 Å². The van der Waals surface area contributed by atoms with E-state index in [-0.39, 0.29) is 5.69 Å². The highest BCUT2D eigenvalue weighted by atomic mass is 127. The van der Waals surface area contributed by atoms with Crippen LogP contribution in [-0.2, 0) is 20.5 Å². The number of esters is 1. The fraction of sp³-hybridized carbons (Fsp3) is 0.0909. The Morgan fingerprint density at radius 3 is 2.42 bits per heavy atom. The first-order valence-electron chi connectivity index (χ1n) is 8.89. The van der Waals surface area contributed by atoms with Gasteiger partial charge in [-0.3, -0.25) is 4.79 Å². The third kappa shape index (κ3) is 6.45. The summed E-state index contributed by atoms with van der Waals surface area (Å²) in [6.45, 7) is 0. The second kappa shape index (κ2) is 9.82. The molecule has 0 bridgehead atoms. The Hall–Kier alpha value is -3.08. The van der Waals surface area contributed by atoms with Crippen LogP contribution in [0.15, 0.2) is 77.2 Å². The van der Waals surface area contributed by atoms with Crippen LogP contribution in [0.3, 0.4) is 0 Å². The monoisotopic (exact) mass is 541 g/mol. The van der Waals surface area contributed by atoms with Crippen molar-refractivity contribution in [3.8, 4) is 0 Å². The van der Waals surface area contributed by atoms with Crippen LogP contribution in [0, 0.1) is 3.77 Å². The van der Waals surface area contributed by atoms with E-state index < -0.39 is 29.7 Å². The number of furan rings is 1. The lowest BCUT2D eigenvalue weighted by Gasteiger charge is -2.18. The number of carbonyl (C=O) groups excluding carboxylic acids is 2. The molecule has 160 valence electrons. The fourth-order valence-electron chi connectivity index (χ4n) is 2.61. The van der Waals surface area contributed by atoms with E-state index in [2.05, 4.69) is 5.32 Å². The predicted molar refractivity (Wildman–Crippen MR) is 116 cm³/mol. The molecule has 1 heterocycles. The number of ether oxygens (including phenoxy) is 1. The zero-order valence-electron chi connectivity index (χ0n) is 15.7. The first-order valence-corrected chi connectivity index (χ1v) is 9.97. The lowest BCUT2D eigenvalue weighted by atomic mass is 10.1. The number of anilines is 1. The molecule has 0 fully saturated rings. The van der Waals surface area contributed by atoms with E-state index in [4.69, 9.17) is 9.15 Å². The van der Waals surface area contributed by atoms with Gasteiger partial charge in [-0.2, -0.15) is 13.2 Å². The summed E-state index contributed by atoms with van der Waals surface area (Å²) in [7, 11) is 0. The van der Waals surface area contributed by atoms with Gasteiger partial charge in [0.25, 0.3) is 5.91 Å². The minimum absolute atomic E-state index is 0.0718. The summed E-state index contributed by atoms with van der Waals surface area (Å²) in [5.74, 6) is -1.19. The Morgan fingerprint density at radius 2 is 1.77 bits per heavy atom. The van der Waals surface area contributed by atoms with E-state index in [1.807, 2.05) is 22.6 Å². The molecule has 0 aliphatic rings. The second-order valence-electron chi connectivity index (χ2n) is 6.27. The average Bonchev–Trinajstić information content (AvgIpc) is 3.16. The molecule has 5 nitrogen and oxygen atoms in total. The molecule has 0 aliphatic heterocycles. The molecular formula is C22H15F3INO4. The molecule has 0 aliphatic carbocycles. The molecule has 1 unspecified atom stereocenters. The van der Waals surface area contributed by atoms with Gasteiger partial charge in [0, 0.05) is 17.3 Å². The lowest BCUT2D eigenvalue weighted by molar-refractivity contribution is -0.149. The van der Waals surface area contributed by atoms with Gasteiger partial charge in [0.2, 0.25) is 6.10 Å². The lowest BCUT2D eigenvalue weighted by Crippen LogP contribution is -2.25. The molecule has 9 heteroatoms. The van der Waals surface area contributed by atoms with Crippen LogP contribution in [-0.4, -0.2) is 11.9 Å². The maximum absolute atomic E-state index is 12.9. The zero-order chi connectivity index (χ0) is 22.4. The summed E-state index contributed by atoms with van der Waals surface area (Å²) in [6, 6.07) is 15.7. The van der Waals surface area contributed by atoms with Gasteiger partial charge in [-0.1, -0.05) is 36.4 Å². The molecule has 0 saturated heterocycles. The first-order chi connectivity index (χ1) is 14.7. The van der Waals surface area contributed by atoms with Crippen molar-refractivity contribution in [3.05, 3.63) is 93.5 Å². The van der Waals surface area contributed by atoms with Gasteiger partial charge in [0.05, 0.1) is 5.56 Å². The number of carbonyl (C=O) groups is 2. The van der Waals surface area contributed by atoms with Gasteiger partial charge in [-0.25, -0.2) is 4.79 Å². The molecule has 1 aromatic heterocycles. The Balaban J connectivity index is 1.78. The smallest absolute Gasteiger partial charge is 0.416 e. The average molecular weight is 541 g/mol. The highest BCUT2D eigenvalue weighted by Crippen LogP contribution is 2.31. The minimum atomic E-state index is -4.56. The highest BCUT2D eigenvalue weighted by molar-refractivity contribution is 14.1. The standard InChI is InChI=1S/C22H15F3INO4/c23-22(24,25)15-7-4-8-16(13-15)27-21(29)20(14-5-2-1-3-6-14)31-19(28)12-10-17-9-11-18(26)30-17/h1-13,20H,(H,27,29). The van der Waals surface area contributed by atoms with Gasteiger partial charge in [0.1, 0.15) is 5.76 Å². The third-order valence-corrected chi connectivity index (χ3v) is 4.59. The summed E-state index contributed by atoms with van der Waals surface area (Å²) in [4.78, 5) is 25.0. The Morgan fingerprint density at radius 1 is 1.03 bits per heavy atom. The molecule has 0 spiro atoms. The number of benzene rings is 2. The summed E-state index contributed by atoms with van der Waals surface area (Å²) < 4.78 is 50.0. The fourth-order valence-corrected chi connectivity index (χ4v) is 3.04. The minimum Gasteiger partial charge on any atom is -0.451 e. The van der Waals surface area contributed by atoms with E-state index >= 15 is 0 Å². The zero-order valence-corrected chi connectivity index (χ0v) is 17.9. The van der Waals surface area contributed by atoms with E-state index in [1.54, 1.807) is 42.5 Å². The number of halogens is 4. The van der Waals surface area contributed by atoms with Crippen LogP contribution in [0.25, 0.3) is 6.08 Å². The third-order valence-electron chi connectivity index (χ3n) is 4.01. The largest absolute Gasteiger partial charge is 0.451 e. The van der Waals surface area contributed by atoms with Crippen molar-refractivity contribution in [2.24, 2.45) is 0 Å².